The molecule has 0 amide bonds. The molecule has 3 aromatic rings. The summed E-state index contributed by atoms with van der Waals surface area (Å²) in [5.74, 6) is 1.24. The van der Waals surface area contributed by atoms with Gasteiger partial charge in [-0.3, -0.25) is 0 Å². The molecule has 0 aliphatic carbocycles. The van der Waals surface area contributed by atoms with Crippen LogP contribution in [0.3, 0.4) is 0 Å². The summed E-state index contributed by atoms with van der Waals surface area (Å²) < 4.78 is 5.78. The molecule has 4 heteroatoms. The second-order valence-corrected chi connectivity index (χ2v) is 5.07. The fourth-order valence-corrected chi connectivity index (χ4v) is 2.12. The average Bonchev–Trinajstić information content (AvgIpc) is 2.56. The molecule has 0 radical (unpaired) electrons. The molecule has 0 aliphatic heterocycles. The average molecular weight is 291 g/mol. The van der Waals surface area contributed by atoms with Gasteiger partial charge < -0.3 is 10.5 Å². The van der Waals surface area contributed by atoms with Crippen LogP contribution in [0.4, 0.5) is 0 Å². The summed E-state index contributed by atoms with van der Waals surface area (Å²) in [6.07, 6.45) is 1.51. The van der Waals surface area contributed by atoms with Gasteiger partial charge in [-0.15, -0.1) is 0 Å². The van der Waals surface area contributed by atoms with E-state index in [0.717, 1.165) is 22.6 Å². The van der Waals surface area contributed by atoms with Gasteiger partial charge in [0.05, 0.1) is 5.69 Å². The number of nitrogens with zero attached hydrogens (tertiary/aromatic N) is 2. The number of benzene rings is 2. The summed E-state index contributed by atoms with van der Waals surface area (Å²) >= 11 is 0. The van der Waals surface area contributed by atoms with Gasteiger partial charge in [-0.1, -0.05) is 42.5 Å². The third kappa shape index (κ3) is 3.30. The summed E-state index contributed by atoms with van der Waals surface area (Å²) in [5, 5.41) is 0. The first-order valence-corrected chi connectivity index (χ1v) is 7.13. The molecular formula is C18H17N3O. The van der Waals surface area contributed by atoms with Crippen molar-refractivity contribution < 1.29 is 4.74 Å². The van der Waals surface area contributed by atoms with Gasteiger partial charge in [-0.25, -0.2) is 9.97 Å². The first-order chi connectivity index (χ1) is 10.7. The molecule has 1 atom stereocenters. The Kier molecular flexibility index (Phi) is 4.12. The number of nitrogens with two attached hydrogens (primary N) is 1. The van der Waals surface area contributed by atoms with Crippen molar-refractivity contribution in [1.82, 2.24) is 9.97 Å². The van der Waals surface area contributed by atoms with Gasteiger partial charge in [0.2, 0.25) is 5.88 Å². The number of hydrogen-bond donors (Lipinski definition) is 1. The highest BCUT2D eigenvalue weighted by Gasteiger charge is 2.05. The number of aromatic nitrogens is 2. The zero-order valence-electron chi connectivity index (χ0n) is 12.3. The minimum atomic E-state index is 0.0118. The van der Waals surface area contributed by atoms with Crippen molar-refractivity contribution >= 4 is 0 Å². The van der Waals surface area contributed by atoms with Crippen LogP contribution >= 0.6 is 0 Å². The molecule has 0 bridgehead atoms. The van der Waals surface area contributed by atoms with Crippen molar-refractivity contribution in [2.75, 3.05) is 0 Å². The van der Waals surface area contributed by atoms with Crippen LogP contribution in [0.2, 0.25) is 0 Å². The third-order valence-corrected chi connectivity index (χ3v) is 3.34. The van der Waals surface area contributed by atoms with Crippen LogP contribution in [-0.2, 0) is 0 Å². The summed E-state index contributed by atoms with van der Waals surface area (Å²) in [6.45, 7) is 1.95. The fourth-order valence-electron chi connectivity index (χ4n) is 2.12. The molecule has 3 rings (SSSR count). The molecule has 1 aromatic heterocycles. The monoisotopic (exact) mass is 291 g/mol. The lowest BCUT2D eigenvalue weighted by atomic mass is 10.1. The smallest absolute Gasteiger partial charge is 0.222 e. The lowest BCUT2D eigenvalue weighted by Crippen LogP contribution is -2.04. The van der Waals surface area contributed by atoms with E-state index in [1.807, 2.05) is 67.6 Å². The van der Waals surface area contributed by atoms with E-state index in [1.165, 1.54) is 6.33 Å². The predicted octanol–water partition coefficient (Wildman–Crippen LogP) is 3.96. The van der Waals surface area contributed by atoms with E-state index >= 15 is 0 Å². The maximum Gasteiger partial charge on any atom is 0.222 e. The van der Waals surface area contributed by atoms with Crippen LogP contribution in [0.25, 0.3) is 11.3 Å². The third-order valence-electron chi connectivity index (χ3n) is 3.34. The van der Waals surface area contributed by atoms with Gasteiger partial charge in [0, 0.05) is 17.7 Å². The Hall–Kier alpha value is -2.72. The van der Waals surface area contributed by atoms with Crippen LogP contribution in [0.1, 0.15) is 18.5 Å². The predicted molar refractivity (Wildman–Crippen MR) is 86.6 cm³/mol. The molecule has 4 nitrogen and oxygen atoms in total. The number of ether oxygens (including phenoxy) is 1. The maximum absolute atomic E-state index is 5.84. The number of rotatable bonds is 4. The summed E-state index contributed by atoms with van der Waals surface area (Å²) in [4.78, 5) is 8.44. The molecule has 0 saturated carbocycles. The highest BCUT2D eigenvalue weighted by Crippen LogP contribution is 2.24. The van der Waals surface area contributed by atoms with E-state index < -0.39 is 0 Å². The zero-order valence-corrected chi connectivity index (χ0v) is 12.3. The normalized spacial score (nSPS) is 11.9. The topological polar surface area (TPSA) is 61.0 Å². The minimum Gasteiger partial charge on any atom is -0.439 e. The quantitative estimate of drug-likeness (QED) is 0.790. The van der Waals surface area contributed by atoms with E-state index in [-0.39, 0.29) is 6.04 Å². The molecule has 1 heterocycles. The van der Waals surface area contributed by atoms with Crippen LogP contribution in [0.15, 0.2) is 67.0 Å². The van der Waals surface area contributed by atoms with Gasteiger partial charge in [-0.2, -0.15) is 0 Å². The summed E-state index contributed by atoms with van der Waals surface area (Å²) in [7, 11) is 0. The van der Waals surface area contributed by atoms with Crippen LogP contribution in [0, 0.1) is 0 Å². The van der Waals surface area contributed by atoms with E-state index in [2.05, 4.69) is 9.97 Å². The van der Waals surface area contributed by atoms with E-state index in [9.17, 15) is 0 Å². The van der Waals surface area contributed by atoms with Crippen LogP contribution in [0.5, 0.6) is 11.6 Å². The molecule has 2 N–H and O–H groups in total. The van der Waals surface area contributed by atoms with Crippen molar-refractivity contribution in [2.45, 2.75) is 13.0 Å². The van der Waals surface area contributed by atoms with Crippen molar-refractivity contribution in [3.63, 3.8) is 0 Å². The first-order valence-electron chi connectivity index (χ1n) is 7.13. The Morgan fingerprint density at radius 2 is 1.68 bits per heavy atom. The van der Waals surface area contributed by atoms with Crippen molar-refractivity contribution in [3.8, 4) is 22.9 Å². The molecule has 0 spiro atoms. The van der Waals surface area contributed by atoms with Crippen molar-refractivity contribution in [2.24, 2.45) is 5.73 Å². The molecule has 110 valence electrons. The zero-order chi connectivity index (χ0) is 15.4. The first kappa shape index (κ1) is 14.2. The Bertz CT molecular complexity index is 740. The Morgan fingerprint density at radius 1 is 0.955 bits per heavy atom. The van der Waals surface area contributed by atoms with Gasteiger partial charge in [0.1, 0.15) is 12.1 Å². The summed E-state index contributed by atoms with van der Waals surface area (Å²) in [6, 6.07) is 19.5. The Labute approximate surface area is 129 Å². The van der Waals surface area contributed by atoms with E-state index in [4.69, 9.17) is 10.5 Å². The fraction of sp³-hybridized carbons (Fsp3) is 0.111. The van der Waals surface area contributed by atoms with E-state index in [1.54, 1.807) is 0 Å². The van der Waals surface area contributed by atoms with Gasteiger partial charge in [-0.05, 0) is 24.6 Å². The lowest BCUT2D eigenvalue weighted by molar-refractivity contribution is 0.461. The standard InChI is InChI=1S/C18H17N3O/c1-13(19)14-7-9-16(10-8-14)22-18-11-17(20-12-21-18)15-5-3-2-4-6-15/h2-13H,19H2,1H3. The van der Waals surface area contributed by atoms with Crippen molar-refractivity contribution in [1.29, 1.82) is 0 Å². The molecule has 1 unspecified atom stereocenters. The highest BCUT2D eigenvalue weighted by molar-refractivity contribution is 5.59. The molecule has 2 aromatic carbocycles. The minimum absolute atomic E-state index is 0.0118. The van der Waals surface area contributed by atoms with Crippen LogP contribution < -0.4 is 10.5 Å². The van der Waals surface area contributed by atoms with E-state index in [0.29, 0.717) is 5.88 Å². The highest BCUT2D eigenvalue weighted by atomic mass is 16.5. The van der Waals surface area contributed by atoms with Gasteiger partial charge in [0.25, 0.3) is 0 Å². The Balaban J connectivity index is 1.81. The summed E-state index contributed by atoms with van der Waals surface area (Å²) in [5.41, 5.74) is 8.77. The van der Waals surface area contributed by atoms with Crippen molar-refractivity contribution in [3.05, 3.63) is 72.6 Å². The SMILES string of the molecule is CC(N)c1ccc(Oc2cc(-c3ccccc3)ncn2)cc1. The lowest BCUT2D eigenvalue weighted by Gasteiger charge is -2.08. The molecule has 0 aliphatic rings. The molecule has 0 saturated heterocycles. The van der Waals surface area contributed by atoms with Gasteiger partial charge in [0.15, 0.2) is 0 Å². The Morgan fingerprint density at radius 3 is 2.36 bits per heavy atom. The van der Waals surface area contributed by atoms with Gasteiger partial charge >= 0.3 is 0 Å². The number of hydrogen-bond acceptors (Lipinski definition) is 4. The van der Waals surface area contributed by atoms with Crippen LogP contribution in [-0.4, -0.2) is 9.97 Å². The largest absolute Gasteiger partial charge is 0.439 e. The second-order valence-electron chi connectivity index (χ2n) is 5.07. The second kappa shape index (κ2) is 6.37. The molecule has 22 heavy (non-hydrogen) atoms. The molecule has 0 fully saturated rings. The molecular weight excluding hydrogens is 274 g/mol. The maximum atomic E-state index is 5.84.